The highest BCUT2D eigenvalue weighted by molar-refractivity contribution is 9.10. The van der Waals surface area contributed by atoms with Crippen LogP contribution in [-0.4, -0.2) is 9.97 Å². The zero-order chi connectivity index (χ0) is 10.2. The van der Waals surface area contributed by atoms with E-state index in [4.69, 9.17) is 0 Å². The lowest BCUT2D eigenvalue weighted by atomic mass is 10.3. The lowest BCUT2D eigenvalue weighted by Crippen LogP contribution is -1.76. The minimum absolute atomic E-state index is 0.931. The molecule has 0 aliphatic carbocycles. The average molecular weight is 251 g/mol. The van der Waals surface area contributed by atoms with Crippen molar-refractivity contribution < 1.29 is 0 Å². The van der Waals surface area contributed by atoms with E-state index < -0.39 is 0 Å². The Bertz CT molecular complexity index is 315. The van der Waals surface area contributed by atoms with Gasteiger partial charge in [-0.3, -0.25) is 4.98 Å². The van der Waals surface area contributed by atoms with Gasteiger partial charge < -0.3 is 0 Å². The fourth-order valence-corrected chi connectivity index (χ4v) is 1.03. The monoisotopic (exact) mass is 250 g/mol. The summed E-state index contributed by atoms with van der Waals surface area (Å²) in [5.41, 5.74) is 1.17. The van der Waals surface area contributed by atoms with Gasteiger partial charge in [0.25, 0.3) is 0 Å². The Morgan fingerprint density at radius 1 is 1.00 bits per heavy atom. The van der Waals surface area contributed by atoms with Crippen LogP contribution >= 0.6 is 15.9 Å². The topological polar surface area (TPSA) is 25.8 Å². The number of rotatable bonds is 0. The molecule has 2 aromatic heterocycles. The van der Waals surface area contributed by atoms with Crippen LogP contribution in [0.25, 0.3) is 0 Å². The first-order valence-electron chi connectivity index (χ1n) is 4.23. The van der Waals surface area contributed by atoms with Crippen LogP contribution in [0.2, 0.25) is 0 Å². The molecule has 0 amide bonds. The van der Waals surface area contributed by atoms with E-state index in [0.717, 1.165) is 4.60 Å². The Balaban J connectivity index is 0.000000146. The van der Waals surface area contributed by atoms with Crippen molar-refractivity contribution in [2.75, 3.05) is 0 Å². The summed E-state index contributed by atoms with van der Waals surface area (Å²) in [6.45, 7) is 2.01. The van der Waals surface area contributed by atoms with Gasteiger partial charge in [-0.2, -0.15) is 0 Å². The number of aryl methyl sites for hydroxylation is 1. The average Bonchev–Trinajstić information content (AvgIpc) is 2.26. The van der Waals surface area contributed by atoms with Gasteiger partial charge in [0, 0.05) is 18.6 Å². The third-order valence-electron chi connectivity index (χ3n) is 1.51. The van der Waals surface area contributed by atoms with Crippen LogP contribution in [0.4, 0.5) is 0 Å². The molecule has 2 rings (SSSR count). The second-order valence-corrected chi connectivity index (χ2v) is 3.39. The highest BCUT2D eigenvalue weighted by atomic mass is 79.9. The highest BCUT2D eigenvalue weighted by Gasteiger charge is 1.87. The second-order valence-electron chi connectivity index (χ2n) is 2.64. The molecule has 0 unspecified atom stereocenters. The zero-order valence-electron chi connectivity index (χ0n) is 7.89. The standard InChI is InChI=1S/C6H6BrN.C5H5N/c1-5-3-2-4-8-6(5)7;1-2-4-6-5-3-1/h2-4H,1H3;1-5H. The number of aromatic nitrogens is 2. The molecule has 0 saturated carbocycles. The van der Waals surface area contributed by atoms with Crippen molar-refractivity contribution in [1.29, 1.82) is 0 Å². The molecule has 72 valence electrons. The van der Waals surface area contributed by atoms with E-state index in [2.05, 4.69) is 25.9 Å². The van der Waals surface area contributed by atoms with Gasteiger partial charge in [-0.15, -0.1) is 0 Å². The van der Waals surface area contributed by atoms with Crippen LogP contribution < -0.4 is 0 Å². The Morgan fingerprint density at radius 2 is 1.71 bits per heavy atom. The molecule has 2 heterocycles. The van der Waals surface area contributed by atoms with E-state index >= 15 is 0 Å². The Kier molecular flexibility index (Phi) is 4.86. The van der Waals surface area contributed by atoms with Crippen molar-refractivity contribution in [1.82, 2.24) is 9.97 Å². The van der Waals surface area contributed by atoms with Crippen LogP contribution in [0.1, 0.15) is 5.56 Å². The second kappa shape index (κ2) is 6.27. The van der Waals surface area contributed by atoms with Crippen LogP contribution in [0.5, 0.6) is 0 Å². The summed E-state index contributed by atoms with van der Waals surface area (Å²) in [7, 11) is 0. The molecular formula is C11H11BrN2. The van der Waals surface area contributed by atoms with E-state index in [1.807, 2.05) is 37.3 Å². The van der Waals surface area contributed by atoms with Gasteiger partial charge in [0.1, 0.15) is 4.60 Å². The van der Waals surface area contributed by atoms with Crippen molar-refractivity contribution in [3.05, 3.63) is 59.1 Å². The molecule has 0 saturated heterocycles. The molecule has 0 N–H and O–H groups in total. The smallest absolute Gasteiger partial charge is 0.108 e. The van der Waals surface area contributed by atoms with E-state index in [-0.39, 0.29) is 0 Å². The molecule has 0 atom stereocenters. The Hall–Kier alpha value is -1.22. The van der Waals surface area contributed by atoms with Crippen LogP contribution in [0, 0.1) is 6.92 Å². The molecule has 0 bridgehead atoms. The third-order valence-corrected chi connectivity index (χ3v) is 2.34. The van der Waals surface area contributed by atoms with Gasteiger partial charge in [-0.1, -0.05) is 12.1 Å². The van der Waals surface area contributed by atoms with Gasteiger partial charge in [0.15, 0.2) is 0 Å². The van der Waals surface area contributed by atoms with Crippen molar-refractivity contribution in [2.45, 2.75) is 6.92 Å². The van der Waals surface area contributed by atoms with Gasteiger partial charge in [-0.25, -0.2) is 4.98 Å². The van der Waals surface area contributed by atoms with Crippen LogP contribution in [0.3, 0.4) is 0 Å². The Labute approximate surface area is 92.2 Å². The normalized spacial score (nSPS) is 8.71. The molecule has 2 aromatic rings. The first kappa shape index (κ1) is 10.9. The maximum atomic E-state index is 4.00. The quantitative estimate of drug-likeness (QED) is 0.672. The van der Waals surface area contributed by atoms with Crippen LogP contribution in [0.15, 0.2) is 53.5 Å². The molecule has 3 heteroatoms. The molecular weight excluding hydrogens is 240 g/mol. The minimum atomic E-state index is 0.931. The van der Waals surface area contributed by atoms with Crippen molar-refractivity contribution in [2.24, 2.45) is 0 Å². The van der Waals surface area contributed by atoms with Crippen molar-refractivity contribution in [3.8, 4) is 0 Å². The van der Waals surface area contributed by atoms with Gasteiger partial charge in [0.2, 0.25) is 0 Å². The molecule has 0 fully saturated rings. The predicted molar refractivity (Wildman–Crippen MR) is 60.9 cm³/mol. The molecule has 0 radical (unpaired) electrons. The molecule has 0 aromatic carbocycles. The van der Waals surface area contributed by atoms with E-state index in [1.165, 1.54) is 5.56 Å². The van der Waals surface area contributed by atoms with Crippen molar-refractivity contribution >= 4 is 15.9 Å². The summed E-state index contributed by atoms with van der Waals surface area (Å²) in [4.78, 5) is 7.78. The summed E-state index contributed by atoms with van der Waals surface area (Å²) in [6, 6.07) is 9.64. The van der Waals surface area contributed by atoms with Gasteiger partial charge in [-0.05, 0) is 46.6 Å². The maximum Gasteiger partial charge on any atom is 0.108 e. The first-order chi connectivity index (χ1) is 6.80. The lowest BCUT2D eigenvalue weighted by Gasteiger charge is -1.90. The molecule has 14 heavy (non-hydrogen) atoms. The van der Waals surface area contributed by atoms with Crippen molar-refractivity contribution in [3.63, 3.8) is 0 Å². The fourth-order valence-electron chi connectivity index (χ4n) is 0.779. The minimum Gasteiger partial charge on any atom is -0.265 e. The number of hydrogen-bond donors (Lipinski definition) is 0. The maximum absolute atomic E-state index is 4.00. The van der Waals surface area contributed by atoms with E-state index in [1.54, 1.807) is 18.6 Å². The molecule has 0 spiro atoms. The summed E-state index contributed by atoms with van der Waals surface area (Å²) >= 11 is 3.28. The number of nitrogens with zero attached hydrogens (tertiary/aromatic N) is 2. The zero-order valence-corrected chi connectivity index (χ0v) is 9.48. The Morgan fingerprint density at radius 3 is 2.00 bits per heavy atom. The number of halogens is 1. The summed E-state index contributed by atoms with van der Waals surface area (Å²) in [5, 5.41) is 0. The fraction of sp³-hybridized carbons (Fsp3) is 0.0909. The van der Waals surface area contributed by atoms with E-state index in [0.29, 0.717) is 0 Å². The van der Waals surface area contributed by atoms with Gasteiger partial charge in [0.05, 0.1) is 0 Å². The van der Waals surface area contributed by atoms with Gasteiger partial charge >= 0.3 is 0 Å². The summed E-state index contributed by atoms with van der Waals surface area (Å²) in [6.07, 6.45) is 5.26. The first-order valence-corrected chi connectivity index (χ1v) is 5.02. The van der Waals surface area contributed by atoms with E-state index in [9.17, 15) is 0 Å². The largest absolute Gasteiger partial charge is 0.265 e. The highest BCUT2D eigenvalue weighted by Crippen LogP contribution is 2.09. The SMILES string of the molecule is Cc1cccnc1Br.c1ccncc1. The summed E-state index contributed by atoms with van der Waals surface area (Å²) < 4.78 is 0.931. The number of pyridine rings is 2. The van der Waals surface area contributed by atoms with Crippen LogP contribution in [-0.2, 0) is 0 Å². The molecule has 2 nitrogen and oxygen atoms in total. The lowest BCUT2D eigenvalue weighted by molar-refractivity contribution is 1.22. The summed E-state index contributed by atoms with van der Waals surface area (Å²) in [5.74, 6) is 0. The predicted octanol–water partition coefficient (Wildman–Crippen LogP) is 3.23. The molecule has 0 aliphatic rings. The third kappa shape index (κ3) is 4.14. The number of hydrogen-bond acceptors (Lipinski definition) is 2. The molecule has 0 aliphatic heterocycles.